The average molecular weight is 486 g/mol. The van der Waals surface area contributed by atoms with Gasteiger partial charge in [-0.3, -0.25) is 14.5 Å². The highest BCUT2D eigenvalue weighted by Gasteiger charge is 2.45. The molecule has 0 saturated carbocycles. The fraction of sp³-hybridized carbons (Fsp3) is 0.480. The molecule has 0 radical (unpaired) electrons. The maximum atomic E-state index is 13.4. The van der Waals surface area contributed by atoms with Crippen molar-refractivity contribution in [3.8, 4) is 5.75 Å². The van der Waals surface area contributed by atoms with Crippen molar-refractivity contribution in [2.75, 3.05) is 16.4 Å². The van der Waals surface area contributed by atoms with E-state index >= 15 is 0 Å². The molecule has 0 unspecified atom stereocenters. The maximum Gasteiger partial charge on any atom is 0.251 e. The second kappa shape index (κ2) is 8.37. The summed E-state index contributed by atoms with van der Waals surface area (Å²) in [5.41, 5.74) is 0.403. The van der Waals surface area contributed by atoms with E-state index in [1.54, 1.807) is 41.4 Å². The number of amides is 2. The minimum atomic E-state index is -3.04. The third-order valence-corrected chi connectivity index (χ3v) is 8.23. The van der Waals surface area contributed by atoms with Crippen LogP contribution in [-0.4, -0.2) is 48.4 Å². The van der Waals surface area contributed by atoms with E-state index in [1.807, 2.05) is 34.6 Å². The van der Waals surface area contributed by atoms with Gasteiger partial charge in [-0.2, -0.15) is 0 Å². The molecule has 4 rings (SSSR count). The number of ether oxygens (including phenoxy) is 1. The zero-order valence-electron chi connectivity index (χ0n) is 20.2. The van der Waals surface area contributed by atoms with Crippen molar-refractivity contribution in [3.63, 3.8) is 0 Å². The molecule has 0 bridgehead atoms. The van der Waals surface area contributed by atoms with Crippen LogP contribution in [-0.2, 0) is 20.0 Å². The maximum absolute atomic E-state index is 13.4. The van der Waals surface area contributed by atoms with Crippen molar-refractivity contribution in [3.05, 3.63) is 47.7 Å². The number of sulfone groups is 1. The Labute approximate surface area is 200 Å². The number of nitrogens with one attached hydrogen (secondary N) is 1. The number of anilines is 2. The van der Waals surface area contributed by atoms with Crippen LogP contribution in [0.2, 0.25) is 0 Å². The molecule has 8 nitrogen and oxygen atoms in total. The molecule has 0 atom stereocenters. The summed E-state index contributed by atoms with van der Waals surface area (Å²) in [4.78, 5) is 32.5. The van der Waals surface area contributed by atoms with E-state index in [-0.39, 0.29) is 29.4 Å². The van der Waals surface area contributed by atoms with Gasteiger partial charge in [-0.05, 0) is 77.3 Å². The van der Waals surface area contributed by atoms with E-state index < -0.39 is 20.8 Å². The lowest BCUT2D eigenvalue weighted by Gasteiger charge is -2.34. The molecule has 34 heavy (non-hydrogen) atoms. The van der Waals surface area contributed by atoms with E-state index in [4.69, 9.17) is 4.74 Å². The minimum Gasteiger partial charge on any atom is -0.491 e. The molecule has 2 aromatic rings. The van der Waals surface area contributed by atoms with Gasteiger partial charge in [0.05, 0.1) is 28.7 Å². The molecule has 1 aromatic carbocycles. The number of aromatic nitrogens is 1. The third-order valence-electron chi connectivity index (χ3n) is 6.57. The van der Waals surface area contributed by atoms with E-state index in [2.05, 4.69) is 10.3 Å². The molecule has 9 heteroatoms. The molecular weight excluding hydrogens is 454 g/mol. The summed E-state index contributed by atoms with van der Waals surface area (Å²) >= 11 is 0. The van der Waals surface area contributed by atoms with Crippen LogP contribution in [0.3, 0.4) is 0 Å². The van der Waals surface area contributed by atoms with Crippen molar-refractivity contribution < 1.29 is 22.7 Å². The van der Waals surface area contributed by atoms with Crippen LogP contribution >= 0.6 is 0 Å². The molecule has 2 aliphatic rings. The Balaban J connectivity index is 1.63. The molecule has 2 aliphatic heterocycles. The molecule has 1 fully saturated rings. The number of rotatable bonds is 5. The lowest BCUT2D eigenvalue weighted by Crippen LogP contribution is -2.50. The molecule has 1 saturated heterocycles. The molecule has 3 heterocycles. The van der Waals surface area contributed by atoms with Crippen LogP contribution in [0.1, 0.15) is 63.4 Å². The highest BCUT2D eigenvalue weighted by molar-refractivity contribution is 7.91. The number of hydrogen-bond acceptors (Lipinski definition) is 6. The van der Waals surface area contributed by atoms with Gasteiger partial charge in [-0.1, -0.05) is 0 Å². The van der Waals surface area contributed by atoms with Crippen LogP contribution in [0, 0.1) is 0 Å². The Morgan fingerprint density at radius 3 is 2.44 bits per heavy atom. The van der Waals surface area contributed by atoms with Gasteiger partial charge in [0, 0.05) is 23.4 Å². The number of pyridine rings is 1. The van der Waals surface area contributed by atoms with Crippen LogP contribution in [0.25, 0.3) is 0 Å². The first-order valence-electron chi connectivity index (χ1n) is 11.5. The second-order valence-electron chi connectivity index (χ2n) is 10.2. The lowest BCUT2D eigenvalue weighted by molar-refractivity contribution is -0.121. The summed E-state index contributed by atoms with van der Waals surface area (Å²) in [6, 6.07) is 8.69. The van der Waals surface area contributed by atoms with Gasteiger partial charge in [0.1, 0.15) is 21.4 Å². The number of hydrogen-bond donors (Lipinski definition) is 1. The summed E-state index contributed by atoms with van der Waals surface area (Å²) in [6.07, 6.45) is 2.35. The first-order valence-corrected chi connectivity index (χ1v) is 13.3. The topological polar surface area (TPSA) is 106 Å². The van der Waals surface area contributed by atoms with Gasteiger partial charge < -0.3 is 10.1 Å². The summed E-state index contributed by atoms with van der Waals surface area (Å²) < 4.78 is 29.3. The summed E-state index contributed by atoms with van der Waals surface area (Å²) in [5.74, 6) is 0.796. The largest absolute Gasteiger partial charge is 0.491 e. The fourth-order valence-corrected chi connectivity index (χ4v) is 6.16. The predicted octanol–water partition coefficient (Wildman–Crippen LogP) is 3.52. The number of carbonyl (C=O) groups is 2. The number of fused-ring (bicyclic) bond motifs is 1. The highest BCUT2D eigenvalue weighted by atomic mass is 32.2. The van der Waals surface area contributed by atoms with Gasteiger partial charge >= 0.3 is 0 Å². The van der Waals surface area contributed by atoms with Crippen molar-refractivity contribution >= 4 is 33.2 Å². The zero-order valence-corrected chi connectivity index (χ0v) is 21.0. The highest BCUT2D eigenvalue weighted by Crippen LogP contribution is 2.45. The lowest BCUT2D eigenvalue weighted by atomic mass is 9.85. The molecule has 1 N–H and O–H groups in total. The minimum absolute atomic E-state index is 0.0135. The Kier molecular flexibility index (Phi) is 5.96. The Morgan fingerprint density at radius 1 is 1.12 bits per heavy atom. The summed E-state index contributed by atoms with van der Waals surface area (Å²) in [7, 11) is -3.04. The predicted molar refractivity (Wildman–Crippen MR) is 130 cm³/mol. The van der Waals surface area contributed by atoms with Crippen molar-refractivity contribution in [2.45, 2.75) is 64.5 Å². The number of carbonyl (C=O) groups excluding carboxylic acids is 2. The second-order valence-corrected chi connectivity index (χ2v) is 12.5. The summed E-state index contributed by atoms with van der Waals surface area (Å²) in [5, 5.41) is 3.02. The monoisotopic (exact) mass is 485 g/mol. The van der Waals surface area contributed by atoms with Gasteiger partial charge in [-0.15, -0.1) is 0 Å². The first kappa shape index (κ1) is 24.2. The zero-order chi connectivity index (χ0) is 24.9. The van der Waals surface area contributed by atoms with Crippen molar-refractivity contribution in [1.82, 2.24) is 10.3 Å². The molecule has 0 spiro atoms. The van der Waals surface area contributed by atoms with Crippen LogP contribution in [0.15, 0.2) is 36.5 Å². The summed E-state index contributed by atoms with van der Waals surface area (Å²) in [6.45, 7) is 9.40. The molecule has 182 valence electrons. The van der Waals surface area contributed by atoms with Crippen molar-refractivity contribution in [1.29, 1.82) is 0 Å². The van der Waals surface area contributed by atoms with Crippen LogP contribution < -0.4 is 15.0 Å². The van der Waals surface area contributed by atoms with E-state index in [1.165, 1.54) is 0 Å². The van der Waals surface area contributed by atoms with Gasteiger partial charge in [0.15, 0.2) is 0 Å². The standard InChI is InChI=1S/C25H31N3O5S/c1-16(2)33-18-8-11-26-21(15-18)28-20-7-6-17(14-19(20)24(3,4)23(28)30)22(29)27-25(5)9-12-34(31,32)13-10-25/h6-8,11,14-16H,9-10,12-13H2,1-5H3,(H,27,29). The van der Waals surface area contributed by atoms with Gasteiger partial charge in [-0.25, -0.2) is 13.4 Å². The molecule has 0 aliphatic carbocycles. The SMILES string of the molecule is CC(C)Oc1ccnc(N2C(=O)C(C)(C)c3cc(C(=O)NC4(C)CCS(=O)(=O)CC4)ccc32)c1. The third kappa shape index (κ3) is 4.53. The first-order chi connectivity index (χ1) is 15.8. The van der Waals surface area contributed by atoms with E-state index in [9.17, 15) is 18.0 Å². The molecule has 2 amide bonds. The fourth-order valence-electron chi connectivity index (χ4n) is 4.43. The van der Waals surface area contributed by atoms with Crippen LogP contribution in [0.5, 0.6) is 5.75 Å². The molecular formula is C25H31N3O5S. The van der Waals surface area contributed by atoms with E-state index in [0.717, 1.165) is 5.56 Å². The normalized spacial score (nSPS) is 20.2. The average Bonchev–Trinajstić information content (AvgIpc) is 2.95. The smallest absolute Gasteiger partial charge is 0.251 e. The Hall–Kier alpha value is -2.94. The Morgan fingerprint density at radius 2 is 1.79 bits per heavy atom. The Bertz CT molecular complexity index is 1240. The van der Waals surface area contributed by atoms with Gasteiger partial charge in [0.2, 0.25) is 5.91 Å². The number of benzene rings is 1. The van der Waals surface area contributed by atoms with Crippen LogP contribution in [0.4, 0.5) is 11.5 Å². The quantitative estimate of drug-likeness (QED) is 0.695. The number of nitrogens with zero attached hydrogens (tertiary/aromatic N) is 2. The molecule has 1 aromatic heterocycles. The van der Waals surface area contributed by atoms with Gasteiger partial charge in [0.25, 0.3) is 5.91 Å². The van der Waals surface area contributed by atoms with E-state index in [0.29, 0.717) is 35.7 Å². The van der Waals surface area contributed by atoms with Crippen molar-refractivity contribution in [2.24, 2.45) is 0 Å².